The van der Waals surface area contributed by atoms with Gasteiger partial charge in [-0.05, 0) is 68.1 Å². The molecule has 2 amide bonds. The van der Waals surface area contributed by atoms with Crippen LogP contribution in [0.25, 0.3) is 0 Å². The molecular formula is C22H23FN2O4. The molecule has 0 spiro atoms. The fourth-order valence-corrected chi connectivity index (χ4v) is 3.44. The lowest BCUT2D eigenvalue weighted by Gasteiger charge is -2.40. The number of carbonyl (C=O) groups is 3. The summed E-state index contributed by atoms with van der Waals surface area (Å²) < 4.78 is 13.5. The Kier molecular flexibility index (Phi) is 5.96. The lowest BCUT2D eigenvalue weighted by atomic mass is 9.64. The molecule has 2 aromatic carbocycles. The van der Waals surface area contributed by atoms with Crippen LogP contribution in [0, 0.1) is 11.2 Å². The van der Waals surface area contributed by atoms with Crippen molar-refractivity contribution in [1.29, 1.82) is 0 Å². The van der Waals surface area contributed by atoms with Gasteiger partial charge in [0.25, 0.3) is 5.91 Å². The van der Waals surface area contributed by atoms with E-state index in [-0.39, 0.29) is 11.7 Å². The highest BCUT2D eigenvalue weighted by atomic mass is 19.1. The third kappa shape index (κ3) is 4.80. The zero-order chi connectivity index (χ0) is 21.0. The number of halogens is 1. The number of anilines is 1. The summed E-state index contributed by atoms with van der Waals surface area (Å²) in [7, 11) is 0. The first-order chi connectivity index (χ1) is 13.8. The van der Waals surface area contributed by atoms with Gasteiger partial charge in [-0.15, -0.1) is 0 Å². The molecule has 1 unspecified atom stereocenters. The van der Waals surface area contributed by atoms with Crippen LogP contribution in [-0.2, 0) is 16.0 Å². The van der Waals surface area contributed by atoms with Crippen LogP contribution in [-0.4, -0.2) is 28.9 Å². The average molecular weight is 398 g/mol. The van der Waals surface area contributed by atoms with Crippen molar-refractivity contribution in [2.45, 2.75) is 38.6 Å². The maximum absolute atomic E-state index is 13.5. The highest BCUT2D eigenvalue weighted by Gasteiger charge is 2.44. The van der Waals surface area contributed by atoms with Crippen LogP contribution in [0.15, 0.2) is 48.5 Å². The molecule has 0 bridgehead atoms. The Hall–Kier alpha value is -3.22. The highest BCUT2D eigenvalue weighted by Crippen LogP contribution is 2.44. The molecular weight excluding hydrogens is 375 g/mol. The molecule has 0 heterocycles. The first kappa shape index (κ1) is 20.5. The van der Waals surface area contributed by atoms with Gasteiger partial charge in [0.1, 0.15) is 11.9 Å². The van der Waals surface area contributed by atoms with Gasteiger partial charge < -0.3 is 15.7 Å². The summed E-state index contributed by atoms with van der Waals surface area (Å²) in [6, 6.07) is 11.6. The third-order valence-electron chi connectivity index (χ3n) is 5.35. The largest absolute Gasteiger partial charge is 0.480 e. The number of aliphatic carboxylic acids is 1. The van der Waals surface area contributed by atoms with Gasteiger partial charge in [0.15, 0.2) is 0 Å². The van der Waals surface area contributed by atoms with Gasteiger partial charge in [0.2, 0.25) is 5.91 Å². The van der Waals surface area contributed by atoms with E-state index in [0.29, 0.717) is 17.7 Å². The third-order valence-corrected chi connectivity index (χ3v) is 5.35. The Balaban J connectivity index is 1.65. The summed E-state index contributed by atoms with van der Waals surface area (Å²) in [6.45, 7) is 1.38. The van der Waals surface area contributed by atoms with Gasteiger partial charge in [0, 0.05) is 11.3 Å². The van der Waals surface area contributed by atoms with Crippen LogP contribution in [0.1, 0.15) is 42.1 Å². The fourth-order valence-electron chi connectivity index (χ4n) is 3.44. The van der Waals surface area contributed by atoms with Gasteiger partial charge in [-0.1, -0.05) is 18.6 Å². The lowest BCUT2D eigenvalue weighted by Crippen LogP contribution is -2.43. The van der Waals surface area contributed by atoms with E-state index in [0.717, 1.165) is 24.8 Å². The molecule has 1 saturated carbocycles. The number of carbonyl (C=O) groups excluding carboxylic acids is 2. The van der Waals surface area contributed by atoms with Crippen molar-refractivity contribution in [1.82, 2.24) is 5.32 Å². The monoisotopic (exact) mass is 398 g/mol. The summed E-state index contributed by atoms with van der Waals surface area (Å²) in [5.41, 5.74) is 1.08. The Labute approximate surface area is 168 Å². The molecule has 0 saturated heterocycles. The topological polar surface area (TPSA) is 95.5 Å². The van der Waals surface area contributed by atoms with E-state index < -0.39 is 23.3 Å². The zero-order valence-corrected chi connectivity index (χ0v) is 16.1. The molecule has 0 aliphatic heterocycles. The number of rotatable bonds is 7. The van der Waals surface area contributed by atoms with Crippen molar-refractivity contribution in [2.24, 2.45) is 5.41 Å². The quantitative estimate of drug-likeness (QED) is 0.666. The number of benzene rings is 2. The Morgan fingerprint density at radius 1 is 1.14 bits per heavy atom. The van der Waals surface area contributed by atoms with Crippen molar-refractivity contribution >= 4 is 23.5 Å². The van der Waals surface area contributed by atoms with Crippen LogP contribution < -0.4 is 10.6 Å². The summed E-state index contributed by atoms with van der Waals surface area (Å²) in [4.78, 5) is 35.8. The molecule has 2 aromatic rings. The fraction of sp³-hybridized carbons (Fsp3) is 0.318. The van der Waals surface area contributed by atoms with Crippen LogP contribution in [0.3, 0.4) is 0 Å². The summed E-state index contributed by atoms with van der Waals surface area (Å²) in [5.74, 6) is -2.06. The predicted molar refractivity (Wildman–Crippen MR) is 106 cm³/mol. The Morgan fingerprint density at radius 2 is 1.83 bits per heavy atom. The Morgan fingerprint density at radius 3 is 2.38 bits per heavy atom. The van der Waals surface area contributed by atoms with Crippen LogP contribution in [0.2, 0.25) is 0 Å². The van der Waals surface area contributed by atoms with E-state index in [2.05, 4.69) is 10.6 Å². The van der Waals surface area contributed by atoms with E-state index in [9.17, 15) is 18.8 Å². The summed E-state index contributed by atoms with van der Waals surface area (Å²) in [5, 5.41) is 14.1. The van der Waals surface area contributed by atoms with Crippen molar-refractivity contribution < 1.29 is 23.9 Å². The van der Waals surface area contributed by atoms with Crippen LogP contribution in [0.4, 0.5) is 10.1 Å². The molecule has 1 fully saturated rings. The molecule has 3 rings (SSSR count). The van der Waals surface area contributed by atoms with Crippen molar-refractivity contribution in [3.63, 3.8) is 0 Å². The van der Waals surface area contributed by atoms with Gasteiger partial charge in [0.05, 0.1) is 5.41 Å². The van der Waals surface area contributed by atoms with E-state index >= 15 is 0 Å². The molecule has 3 N–H and O–H groups in total. The molecule has 1 atom stereocenters. The normalized spacial score (nSPS) is 15.7. The maximum atomic E-state index is 13.5. The van der Waals surface area contributed by atoms with Crippen LogP contribution >= 0.6 is 0 Å². The zero-order valence-electron chi connectivity index (χ0n) is 16.1. The second-order valence-electron chi connectivity index (χ2n) is 7.51. The SMILES string of the molecule is CC(NC(=O)c1ccc(NC(=O)C2(Cc3cccc(F)c3)CCC2)cc1)C(=O)O. The van der Waals surface area contributed by atoms with E-state index in [1.165, 1.54) is 31.2 Å². The van der Waals surface area contributed by atoms with Gasteiger partial charge in [-0.3, -0.25) is 14.4 Å². The first-order valence-electron chi connectivity index (χ1n) is 9.49. The second kappa shape index (κ2) is 8.43. The van der Waals surface area contributed by atoms with Gasteiger partial charge >= 0.3 is 5.97 Å². The minimum atomic E-state index is -1.12. The molecule has 0 aromatic heterocycles. The molecule has 6 nitrogen and oxygen atoms in total. The maximum Gasteiger partial charge on any atom is 0.325 e. The minimum Gasteiger partial charge on any atom is -0.480 e. The molecule has 1 aliphatic rings. The number of hydrogen-bond donors (Lipinski definition) is 3. The van der Waals surface area contributed by atoms with E-state index in [4.69, 9.17) is 5.11 Å². The molecule has 152 valence electrons. The predicted octanol–water partition coefficient (Wildman–Crippen LogP) is 3.38. The minimum absolute atomic E-state index is 0.121. The first-order valence-corrected chi connectivity index (χ1v) is 9.49. The average Bonchev–Trinajstić information content (AvgIpc) is 2.65. The number of hydrogen-bond acceptors (Lipinski definition) is 3. The molecule has 7 heteroatoms. The van der Waals surface area contributed by atoms with E-state index in [1.54, 1.807) is 18.2 Å². The second-order valence-corrected chi connectivity index (χ2v) is 7.51. The van der Waals surface area contributed by atoms with Gasteiger partial charge in [-0.2, -0.15) is 0 Å². The summed E-state index contributed by atoms with van der Waals surface area (Å²) in [6.07, 6.45) is 2.90. The summed E-state index contributed by atoms with van der Waals surface area (Å²) >= 11 is 0. The van der Waals surface area contributed by atoms with Crippen LogP contribution in [0.5, 0.6) is 0 Å². The van der Waals surface area contributed by atoms with Gasteiger partial charge in [-0.25, -0.2) is 4.39 Å². The number of amides is 2. The lowest BCUT2D eigenvalue weighted by molar-refractivity contribution is -0.138. The highest BCUT2D eigenvalue weighted by molar-refractivity contribution is 5.98. The van der Waals surface area contributed by atoms with Crippen molar-refractivity contribution in [2.75, 3.05) is 5.32 Å². The van der Waals surface area contributed by atoms with Crippen molar-refractivity contribution in [3.05, 3.63) is 65.5 Å². The van der Waals surface area contributed by atoms with E-state index in [1.807, 2.05) is 6.07 Å². The Bertz CT molecular complexity index is 923. The molecule has 0 radical (unpaired) electrons. The number of carboxylic acids is 1. The standard InChI is InChI=1S/C22H23FN2O4/c1-14(20(27)28)24-19(26)16-6-8-18(9-7-16)25-21(29)22(10-3-11-22)13-15-4-2-5-17(23)12-15/h2,4-9,12,14H,3,10-11,13H2,1H3,(H,24,26)(H,25,29)(H,27,28). The molecule has 29 heavy (non-hydrogen) atoms. The molecule has 1 aliphatic carbocycles. The smallest absolute Gasteiger partial charge is 0.325 e. The number of nitrogens with one attached hydrogen (secondary N) is 2. The number of carboxylic acid groups (broad SMARTS) is 1. The van der Waals surface area contributed by atoms with Crippen molar-refractivity contribution in [3.8, 4) is 0 Å².